The summed E-state index contributed by atoms with van der Waals surface area (Å²) in [5, 5.41) is 4.57. The molecule has 3 nitrogen and oxygen atoms in total. The van der Waals surface area contributed by atoms with Gasteiger partial charge in [-0.3, -0.25) is 0 Å². The van der Waals surface area contributed by atoms with Crippen molar-refractivity contribution < 1.29 is 4.74 Å². The number of hydrogen-bond acceptors (Lipinski definition) is 3. The van der Waals surface area contributed by atoms with Crippen molar-refractivity contribution in [3.8, 4) is 5.75 Å². The molecule has 0 aliphatic heterocycles. The molecular formula is C14H22Cl2N2O. The molecule has 0 aliphatic carbocycles. The van der Waals surface area contributed by atoms with E-state index in [2.05, 4.69) is 24.1 Å². The number of halogens is 2. The highest BCUT2D eigenvalue weighted by molar-refractivity contribution is 6.35. The third-order valence-electron chi connectivity index (χ3n) is 3.10. The molecule has 108 valence electrons. The van der Waals surface area contributed by atoms with Crippen molar-refractivity contribution in [3.63, 3.8) is 0 Å². The van der Waals surface area contributed by atoms with E-state index >= 15 is 0 Å². The number of nitrogens with one attached hydrogen (secondary N) is 1. The van der Waals surface area contributed by atoms with Gasteiger partial charge in [-0.05, 0) is 25.2 Å². The van der Waals surface area contributed by atoms with Crippen LogP contribution in [-0.4, -0.2) is 38.2 Å². The van der Waals surface area contributed by atoms with Gasteiger partial charge in [-0.2, -0.15) is 0 Å². The quantitative estimate of drug-likeness (QED) is 0.745. The van der Waals surface area contributed by atoms with Crippen molar-refractivity contribution in [2.24, 2.45) is 0 Å². The number of likely N-dealkylation sites (N-methyl/N-ethyl adjacent to an activating group) is 1. The summed E-state index contributed by atoms with van der Waals surface area (Å²) in [6.45, 7) is 9.14. The first-order valence-corrected chi connectivity index (χ1v) is 7.32. The second kappa shape index (κ2) is 8.64. The van der Waals surface area contributed by atoms with Crippen molar-refractivity contribution in [2.45, 2.75) is 20.4 Å². The minimum absolute atomic E-state index is 0.551. The van der Waals surface area contributed by atoms with Crippen molar-refractivity contribution in [1.29, 1.82) is 0 Å². The Morgan fingerprint density at radius 2 is 1.89 bits per heavy atom. The number of hydrogen-bond donors (Lipinski definition) is 1. The Labute approximate surface area is 125 Å². The number of methoxy groups -OCH3 is 1. The van der Waals surface area contributed by atoms with Crippen LogP contribution in [0, 0.1) is 0 Å². The summed E-state index contributed by atoms with van der Waals surface area (Å²) < 4.78 is 5.31. The zero-order chi connectivity index (χ0) is 14.3. The van der Waals surface area contributed by atoms with Gasteiger partial charge >= 0.3 is 0 Å². The normalized spacial score (nSPS) is 11.1. The average molecular weight is 305 g/mol. The number of nitrogens with zero attached hydrogens (tertiary/aromatic N) is 1. The smallest absolute Gasteiger partial charge is 0.142 e. The van der Waals surface area contributed by atoms with E-state index in [0.29, 0.717) is 22.3 Å². The third kappa shape index (κ3) is 5.19. The van der Waals surface area contributed by atoms with E-state index in [0.717, 1.165) is 31.7 Å². The molecule has 0 radical (unpaired) electrons. The second-order valence-electron chi connectivity index (χ2n) is 4.28. The van der Waals surface area contributed by atoms with E-state index < -0.39 is 0 Å². The van der Waals surface area contributed by atoms with Gasteiger partial charge in [0.1, 0.15) is 5.75 Å². The van der Waals surface area contributed by atoms with Gasteiger partial charge in [-0.1, -0.05) is 37.0 Å². The molecule has 0 saturated carbocycles. The van der Waals surface area contributed by atoms with Gasteiger partial charge in [0.2, 0.25) is 0 Å². The number of benzene rings is 1. The minimum Gasteiger partial charge on any atom is -0.495 e. The number of ether oxygens (including phenoxy) is 1. The molecule has 1 rings (SSSR count). The Bertz CT molecular complexity index is 395. The first-order chi connectivity index (χ1) is 9.12. The predicted octanol–water partition coefficient (Wildman–Crippen LogP) is 3.43. The highest BCUT2D eigenvalue weighted by atomic mass is 35.5. The van der Waals surface area contributed by atoms with Crippen molar-refractivity contribution in [1.82, 2.24) is 10.2 Å². The zero-order valence-corrected chi connectivity index (χ0v) is 13.3. The van der Waals surface area contributed by atoms with Crippen LogP contribution in [0.1, 0.15) is 19.4 Å². The van der Waals surface area contributed by atoms with Crippen LogP contribution in [0.25, 0.3) is 0 Å². The largest absolute Gasteiger partial charge is 0.495 e. The molecule has 0 saturated heterocycles. The van der Waals surface area contributed by atoms with Crippen LogP contribution in [0.2, 0.25) is 10.0 Å². The van der Waals surface area contributed by atoms with Crippen LogP contribution in [0.5, 0.6) is 5.75 Å². The van der Waals surface area contributed by atoms with Crippen molar-refractivity contribution in [3.05, 3.63) is 27.7 Å². The molecular weight excluding hydrogens is 283 g/mol. The zero-order valence-electron chi connectivity index (χ0n) is 11.8. The lowest BCUT2D eigenvalue weighted by atomic mass is 10.2. The van der Waals surface area contributed by atoms with Crippen LogP contribution in [-0.2, 0) is 6.54 Å². The topological polar surface area (TPSA) is 24.5 Å². The summed E-state index contributed by atoms with van der Waals surface area (Å²) in [7, 11) is 1.62. The highest BCUT2D eigenvalue weighted by Crippen LogP contribution is 2.31. The monoisotopic (exact) mass is 304 g/mol. The molecule has 0 aromatic heterocycles. The molecule has 0 heterocycles. The summed E-state index contributed by atoms with van der Waals surface area (Å²) in [6, 6.07) is 3.58. The maximum absolute atomic E-state index is 6.10. The Morgan fingerprint density at radius 1 is 1.21 bits per heavy atom. The van der Waals surface area contributed by atoms with Gasteiger partial charge in [0.15, 0.2) is 0 Å². The van der Waals surface area contributed by atoms with Gasteiger partial charge < -0.3 is 15.0 Å². The summed E-state index contributed by atoms with van der Waals surface area (Å²) in [4.78, 5) is 2.37. The average Bonchev–Trinajstić information content (AvgIpc) is 2.38. The standard InChI is InChI=1S/C14H22Cl2N2O/c1-4-18(5-2)7-6-17-10-11-8-12(15)9-13(16)14(11)19-3/h8-9,17H,4-7,10H2,1-3H3. The maximum atomic E-state index is 6.10. The van der Waals surface area contributed by atoms with E-state index in [-0.39, 0.29) is 0 Å². The summed E-state index contributed by atoms with van der Waals surface area (Å²) in [5.74, 6) is 0.696. The number of rotatable bonds is 8. The third-order valence-corrected chi connectivity index (χ3v) is 3.60. The molecule has 0 fully saturated rings. The van der Waals surface area contributed by atoms with Crippen LogP contribution >= 0.6 is 23.2 Å². The van der Waals surface area contributed by atoms with E-state index in [1.165, 1.54) is 0 Å². The van der Waals surface area contributed by atoms with Gasteiger partial charge in [0.05, 0.1) is 12.1 Å². The molecule has 0 spiro atoms. The van der Waals surface area contributed by atoms with E-state index in [1.54, 1.807) is 13.2 Å². The van der Waals surface area contributed by atoms with Crippen LogP contribution in [0.4, 0.5) is 0 Å². The Kier molecular flexibility index (Phi) is 7.54. The second-order valence-corrected chi connectivity index (χ2v) is 5.13. The Morgan fingerprint density at radius 3 is 2.47 bits per heavy atom. The molecule has 0 amide bonds. The fraction of sp³-hybridized carbons (Fsp3) is 0.571. The lowest BCUT2D eigenvalue weighted by molar-refractivity contribution is 0.302. The first kappa shape index (κ1) is 16.6. The van der Waals surface area contributed by atoms with Crippen LogP contribution in [0.15, 0.2) is 12.1 Å². The van der Waals surface area contributed by atoms with E-state index in [4.69, 9.17) is 27.9 Å². The molecule has 1 aromatic carbocycles. The summed E-state index contributed by atoms with van der Waals surface area (Å²) in [5.41, 5.74) is 0.986. The van der Waals surface area contributed by atoms with Gasteiger partial charge in [-0.15, -0.1) is 0 Å². The van der Waals surface area contributed by atoms with Gasteiger partial charge in [0, 0.05) is 30.2 Å². The molecule has 0 bridgehead atoms. The van der Waals surface area contributed by atoms with Gasteiger partial charge in [-0.25, -0.2) is 0 Å². The molecule has 0 aliphatic rings. The van der Waals surface area contributed by atoms with Gasteiger partial charge in [0.25, 0.3) is 0 Å². The Hall–Kier alpha value is -0.480. The molecule has 0 unspecified atom stereocenters. The first-order valence-electron chi connectivity index (χ1n) is 6.57. The molecule has 19 heavy (non-hydrogen) atoms. The van der Waals surface area contributed by atoms with E-state index in [9.17, 15) is 0 Å². The molecule has 1 N–H and O–H groups in total. The van der Waals surface area contributed by atoms with Crippen LogP contribution < -0.4 is 10.1 Å². The SMILES string of the molecule is CCN(CC)CCNCc1cc(Cl)cc(Cl)c1OC. The lowest BCUT2D eigenvalue weighted by Gasteiger charge is -2.18. The summed E-state index contributed by atoms with van der Waals surface area (Å²) >= 11 is 12.1. The molecule has 0 atom stereocenters. The fourth-order valence-corrected chi connectivity index (χ4v) is 2.59. The maximum Gasteiger partial charge on any atom is 0.142 e. The summed E-state index contributed by atoms with van der Waals surface area (Å²) in [6.07, 6.45) is 0. The lowest BCUT2D eigenvalue weighted by Crippen LogP contribution is -2.31. The minimum atomic E-state index is 0.551. The highest BCUT2D eigenvalue weighted by Gasteiger charge is 2.09. The van der Waals surface area contributed by atoms with Crippen molar-refractivity contribution >= 4 is 23.2 Å². The fourth-order valence-electron chi connectivity index (χ4n) is 1.97. The Balaban J connectivity index is 2.53. The van der Waals surface area contributed by atoms with Crippen molar-refractivity contribution in [2.75, 3.05) is 33.3 Å². The van der Waals surface area contributed by atoms with Crippen LogP contribution in [0.3, 0.4) is 0 Å². The van der Waals surface area contributed by atoms with E-state index in [1.807, 2.05) is 6.07 Å². The molecule has 1 aromatic rings. The predicted molar refractivity (Wildman–Crippen MR) is 82.5 cm³/mol. The molecule has 5 heteroatoms.